The van der Waals surface area contributed by atoms with Gasteiger partial charge in [0.15, 0.2) is 0 Å². The van der Waals surface area contributed by atoms with Gasteiger partial charge in [-0.2, -0.15) is 0 Å². The Labute approximate surface area is 90.1 Å². The van der Waals surface area contributed by atoms with Crippen LogP contribution in [-0.4, -0.2) is 67.7 Å². The number of hydrogen-bond acceptors (Lipinski definition) is 4. The Balaban J connectivity index is 1.56. The third-order valence-electron chi connectivity index (χ3n) is 3.05. The van der Waals surface area contributed by atoms with E-state index in [9.17, 15) is 4.79 Å². The number of likely N-dealkylation sites (tertiary alicyclic amines) is 1. The first-order chi connectivity index (χ1) is 7.27. The maximum absolute atomic E-state index is 11.2. The zero-order valence-corrected chi connectivity index (χ0v) is 9.02. The van der Waals surface area contributed by atoms with Gasteiger partial charge in [0.1, 0.15) is 6.04 Å². The molecule has 5 heteroatoms. The Morgan fingerprint density at radius 3 is 2.67 bits per heavy atom. The van der Waals surface area contributed by atoms with Crippen LogP contribution in [0.15, 0.2) is 0 Å². The molecule has 1 amide bonds. The number of carbonyl (C=O) groups excluding carboxylic acids is 1. The SMILES string of the molecule is NC1CN(CCCN2CCOCC2)C1=O. The molecule has 5 nitrogen and oxygen atoms in total. The lowest BCUT2D eigenvalue weighted by molar-refractivity contribution is -0.142. The fourth-order valence-electron chi connectivity index (χ4n) is 2.04. The van der Waals surface area contributed by atoms with Gasteiger partial charge in [-0.05, 0) is 6.42 Å². The average Bonchev–Trinajstić information content (AvgIpc) is 2.29. The van der Waals surface area contributed by atoms with E-state index in [4.69, 9.17) is 10.5 Å². The van der Waals surface area contributed by atoms with Crippen molar-refractivity contribution >= 4 is 5.91 Å². The highest BCUT2D eigenvalue weighted by Crippen LogP contribution is 2.08. The number of rotatable bonds is 4. The molecule has 2 aliphatic rings. The minimum atomic E-state index is -0.228. The largest absolute Gasteiger partial charge is 0.379 e. The maximum Gasteiger partial charge on any atom is 0.241 e. The Morgan fingerprint density at radius 2 is 2.07 bits per heavy atom. The standard InChI is InChI=1S/C10H19N3O2/c11-9-8-13(10(9)14)3-1-2-12-4-6-15-7-5-12/h9H,1-8,11H2. The molecule has 0 aromatic heterocycles. The molecule has 2 rings (SSSR count). The molecule has 0 aromatic rings. The van der Waals surface area contributed by atoms with E-state index in [2.05, 4.69) is 4.90 Å². The zero-order chi connectivity index (χ0) is 10.7. The summed E-state index contributed by atoms with van der Waals surface area (Å²) in [6, 6.07) is -0.228. The molecule has 2 fully saturated rings. The molecule has 15 heavy (non-hydrogen) atoms. The summed E-state index contributed by atoms with van der Waals surface area (Å²) in [4.78, 5) is 15.4. The quantitative estimate of drug-likeness (QED) is 0.601. The Morgan fingerprint density at radius 1 is 1.33 bits per heavy atom. The second-order valence-electron chi connectivity index (χ2n) is 4.20. The van der Waals surface area contributed by atoms with E-state index in [0.717, 1.165) is 52.4 Å². The van der Waals surface area contributed by atoms with Crippen molar-refractivity contribution < 1.29 is 9.53 Å². The molecule has 2 heterocycles. The van der Waals surface area contributed by atoms with Crippen LogP contribution in [0, 0.1) is 0 Å². The third kappa shape index (κ3) is 2.68. The topological polar surface area (TPSA) is 58.8 Å². The van der Waals surface area contributed by atoms with Gasteiger partial charge < -0.3 is 15.4 Å². The minimum absolute atomic E-state index is 0.108. The lowest BCUT2D eigenvalue weighted by Gasteiger charge is -2.36. The highest BCUT2D eigenvalue weighted by atomic mass is 16.5. The monoisotopic (exact) mass is 213 g/mol. The highest BCUT2D eigenvalue weighted by molar-refractivity contribution is 5.87. The van der Waals surface area contributed by atoms with Gasteiger partial charge in [0.05, 0.1) is 13.2 Å². The fraction of sp³-hybridized carbons (Fsp3) is 0.900. The smallest absolute Gasteiger partial charge is 0.241 e. The highest BCUT2D eigenvalue weighted by Gasteiger charge is 2.32. The molecular formula is C10H19N3O2. The summed E-state index contributed by atoms with van der Waals surface area (Å²) in [5.41, 5.74) is 5.51. The second kappa shape index (κ2) is 4.92. The number of amides is 1. The molecule has 0 saturated carbocycles. The second-order valence-corrected chi connectivity index (χ2v) is 4.20. The summed E-state index contributed by atoms with van der Waals surface area (Å²) < 4.78 is 5.27. The third-order valence-corrected chi connectivity index (χ3v) is 3.05. The van der Waals surface area contributed by atoms with Gasteiger partial charge in [-0.25, -0.2) is 0 Å². The summed E-state index contributed by atoms with van der Waals surface area (Å²) in [6.07, 6.45) is 1.04. The average molecular weight is 213 g/mol. The maximum atomic E-state index is 11.2. The predicted octanol–water partition coefficient (Wildman–Crippen LogP) is -1.12. The number of β-lactam (4-membered cyclic amide) rings is 1. The van der Waals surface area contributed by atoms with Crippen molar-refractivity contribution in [2.24, 2.45) is 5.73 Å². The van der Waals surface area contributed by atoms with Crippen molar-refractivity contribution in [2.75, 3.05) is 45.9 Å². The Bertz CT molecular complexity index is 229. The summed E-state index contributed by atoms with van der Waals surface area (Å²) in [6.45, 7) is 6.37. The predicted molar refractivity (Wildman–Crippen MR) is 56.4 cm³/mol. The van der Waals surface area contributed by atoms with Gasteiger partial charge >= 0.3 is 0 Å². The summed E-state index contributed by atoms with van der Waals surface area (Å²) in [7, 11) is 0. The number of nitrogens with two attached hydrogens (primary N) is 1. The molecule has 0 aromatic carbocycles. The van der Waals surface area contributed by atoms with E-state index in [-0.39, 0.29) is 11.9 Å². The molecule has 0 aliphatic carbocycles. The van der Waals surface area contributed by atoms with Crippen LogP contribution in [0.1, 0.15) is 6.42 Å². The molecule has 1 atom stereocenters. The normalized spacial score (nSPS) is 27.9. The van der Waals surface area contributed by atoms with Gasteiger partial charge in [-0.15, -0.1) is 0 Å². The number of carbonyl (C=O) groups is 1. The molecule has 0 radical (unpaired) electrons. The number of hydrogen-bond donors (Lipinski definition) is 1. The first-order valence-corrected chi connectivity index (χ1v) is 5.62. The number of nitrogens with zero attached hydrogens (tertiary/aromatic N) is 2. The van der Waals surface area contributed by atoms with Crippen molar-refractivity contribution in [1.29, 1.82) is 0 Å². The molecule has 1 unspecified atom stereocenters. The van der Waals surface area contributed by atoms with Gasteiger partial charge in [0, 0.05) is 32.7 Å². The fourth-order valence-corrected chi connectivity index (χ4v) is 2.04. The van der Waals surface area contributed by atoms with Crippen LogP contribution < -0.4 is 5.73 Å². The molecule has 2 N–H and O–H groups in total. The van der Waals surface area contributed by atoms with Crippen molar-refractivity contribution in [3.63, 3.8) is 0 Å². The van der Waals surface area contributed by atoms with Gasteiger partial charge in [0.25, 0.3) is 0 Å². The van der Waals surface area contributed by atoms with Gasteiger partial charge in [-0.1, -0.05) is 0 Å². The molecule has 0 bridgehead atoms. The van der Waals surface area contributed by atoms with Crippen LogP contribution in [0.2, 0.25) is 0 Å². The van der Waals surface area contributed by atoms with Crippen LogP contribution >= 0.6 is 0 Å². The van der Waals surface area contributed by atoms with Crippen molar-refractivity contribution in [3.8, 4) is 0 Å². The Kier molecular flexibility index (Phi) is 3.56. The molecule has 2 aliphatic heterocycles. The molecule has 86 valence electrons. The minimum Gasteiger partial charge on any atom is -0.379 e. The van der Waals surface area contributed by atoms with E-state index in [1.54, 1.807) is 0 Å². The molecule has 0 spiro atoms. The molecular weight excluding hydrogens is 194 g/mol. The van der Waals surface area contributed by atoms with E-state index in [0.29, 0.717) is 0 Å². The number of morpholine rings is 1. The summed E-state index contributed by atoms with van der Waals surface area (Å²) in [5, 5.41) is 0. The Hall–Kier alpha value is -0.650. The van der Waals surface area contributed by atoms with Crippen LogP contribution in [0.3, 0.4) is 0 Å². The first-order valence-electron chi connectivity index (χ1n) is 5.62. The first kappa shape index (κ1) is 10.9. The van der Waals surface area contributed by atoms with Crippen molar-refractivity contribution in [1.82, 2.24) is 9.80 Å². The van der Waals surface area contributed by atoms with E-state index < -0.39 is 0 Å². The van der Waals surface area contributed by atoms with E-state index in [1.807, 2.05) is 4.90 Å². The lowest BCUT2D eigenvalue weighted by Crippen LogP contribution is -2.61. The van der Waals surface area contributed by atoms with Crippen molar-refractivity contribution in [3.05, 3.63) is 0 Å². The summed E-state index contributed by atoms with van der Waals surface area (Å²) in [5.74, 6) is 0.108. The van der Waals surface area contributed by atoms with Crippen LogP contribution in [-0.2, 0) is 9.53 Å². The van der Waals surface area contributed by atoms with Crippen LogP contribution in [0.25, 0.3) is 0 Å². The van der Waals surface area contributed by atoms with Crippen molar-refractivity contribution in [2.45, 2.75) is 12.5 Å². The van der Waals surface area contributed by atoms with Crippen LogP contribution in [0.4, 0.5) is 0 Å². The van der Waals surface area contributed by atoms with E-state index >= 15 is 0 Å². The van der Waals surface area contributed by atoms with Crippen LogP contribution in [0.5, 0.6) is 0 Å². The number of ether oxygens (including phenoxy) is 1. The lowest BCUT2D eigenvalue weighted by atomic mass is 10.1. The van der Waals surface area contributed by atoms with Gasteiger partial charge in [0.2, 0.25) is 5.91 Å². The molecule has 2 saturated heterocycles. The van der Waals surface area contributed by atoms with E-state index in [1.165, 1.54) is 0 Å². The summed E-state index contributed by atoms with van der Waals surface area (Å²) >= 11 is 0. The zero-order valence-electron chi connectivity index (χ0n) is 9.02. The van der Waals surface area contributed by atoms with Gasteiger partial charge in [-0.3, -0.25) is 9.69 Å².